The smallest absolute Gasteiger partial charge is 0.341 e. The number of carbonyl (C=O) groups is 1. The summed E-state index contributed by atoms with van der Waals surface area (Å²) in [7, 11) is -2.00. The van der Waals surface area contributed by atoms with Crippen LogP contribution < -0.4 is 0 Å². The molecule has 0 aliphatic heterocycles. The maximum Gasteiger partial charge on any atom is 0.341 e. The van der Waals surface area contributed by atoms with Crippen molar-refractivity contribution in [3.8, 4) is 0 Å². The Bertz CT molecular complexity index is 746. The van der Waals surface area contributed by atoms with Crippen LogP contribution in [0.15, 0.2) is 50.8 Å². The van der Waals surface area contributed by atoms with Crippen molar-refractivity contribution in [2.45, 2.75) is 15.5 Å². The number of carbonyl (C=O) groups excluding carboxylic acids is 1. The molecule has 0 saturated carbocycles. The second kappa shape index (κ2) is 6.36. The van der Waals surface area contributed by atoms with E-state index in [-0.39, 0.29) is 4.90 Å². The van der Waals surface area contributed by atoms with E-state index < -0.39 is 15.8 Å². The Morgan fingerprint density at radius 2 is 2.00 bits per heavy atom. The van der Waals surface area contributed by atoms with Crippen molar-refractivity contribution in [3.05, 3.63) is 47.9 Å². The first-order chi connectivity index (χ1) is 9.93. The molecule has 0 saturated heterocycles. The van der Waals surface area contributed by atoms with Crippen LogP contribution in [-0.2, 0) is 20.3 Å². The van der Waals surface area contributed by atoms with Gasteiger partial charge in [-0.15, -0.1) is 11.8 Å². The van der Waals surface area contributed by atoms with Gasteiger partial charge in [0, 0.05) is 11.2 Å². The fourth-order valence-corrected chi connectivity index (χ4v) is 4.05. The topological polar surface area (TPSA) is 73.6 Å². The maximum atomic E-state index is 11.7. The number of hydrogen-bond acceptors (Lipinski definition) is 6. The van der Waals surface area contributed by atoms with Gasteiger partial charge in [-0.2, -0.15) is 0 Å². The lowest BCUT2D eigenvalue weighted by Crippen LogP contribution is -2.02. The van der Waals surface area contributed by atoms with E-state index in [2.05, 4.69) is 4.74 Å². The van der Waals surface area contributed by atoms with E-state index in [0.29, 0.717) is 22.0 Å². The predicted molar refractivity (Wildman–Crippen MR) is 79.2 cm³/mol. The molecule has 0 spiro atoms. The molecule has 0 fully saturated rings. The quantitative estimate of drug-likeness (QED) is 0.621. The molecule has 5 nitrogen and oxygen atoms in total. The molecule has 7 heteroatoms. The first kappa shape index (κ1) is 15.7. The molecule has 0 N–H and O–H groups in total. The molecular formula is C14H14O5S2. The van der Waals surface area contributed by atoms with E-state index in [1.54, 1.807) is 24.3 Å². The first-order valence-electron chi connectivity index (χ1n) is 6.00. The molecule has 1 aromatic heterocycles. The monoisotopic (exact) mass is 326 g/mol. The number of furan rings is 1. The van der Waals surface area contributed by atoms with Crippen LogP contribution in [0.4, 0.5) is 0 Å². The zero-order valence-corrected chi connectivity index (χ0v) is 13.2. The summed E-state index contributed by atoms with van der Waals surface area (Å²) >= 11 is 1.29. The molecule has 21 heavy (non-hydrogen) atoms. The van der Waals surface area contributed by atoms with Crippen LogP contribution in [-0.4, -0.2) is 27.8 Å². The number of rotatable bonds is 5. The molecule has 2 aromatic rings. The molecule has 1 heterocycles. The highest BCUT2D eigenvalue weighted by atomic mass is 32.2. The van der Waals surface area contributed by atoms with Crippen LogP contribution in [0.5, 0.6) is 0 Å². The number of sulfone groups is 1. The number of benzene rings is 1. The number of esters is 1. The van der Waals surface area contributed by atoms with Gasteiger partial charge in [0.1, 0.15) is 11.3 Å². The van der Waals surface area contributed by atoms with E-state index in [9.17, 15) is 13.2 Å². The van der Waals surface area contributed by atoms with Crippen molar-refractivity contribution in [1.82, 2.24) is 0 Å². The van der Waals surface area contributed by atoms with Crippen molar-refractivity contribution >= 4 is 27.6 Å². The molecule has 0 unspecified atom stereocenters. The van der Waals surface area contributed by atoms with Gasteiger partial charge in [-0.05, 0) is 18.2 Å². The largest absolute Gasteiger partial charge is 0.468 e. The summed E-state index contributed by atoms with van der Waals surface area (Å²) in [5.41, 5.74) is 0.349. The maximum absolute atomic E-state index is 11.7. The average molecular weight is 326 g/mol. The van der Waals surface area contributed by atoms with Crippen molar-refractivity contribution in [2.24, 2.45) is 0 Å². The van der Waals surface area contributed by atoms with Gasteiger partial charge in [-0.3, -0.25) is 0 Å². The Hall–Kier alpha value is -1.73. The Labute approximate surface area is 127 Å². The van der Waals surface area contributed by atoms with E-state index in [0.717, 1.165) is 0 Å². The zero-order chi connectivity index (χ0) is 15.5. The predicted octanol–water partition coefficient (Wildman–Crippen LogP) is 2.76. The third kappa shape index (κ3) is 3.68. The fourth-order valence-electron chi connectivity index (χ4n) is 1.76. The van der Waals surface area contributed by atoms with Gasteiger partial charge in [-0.25, -0.2) is 13.2 Å². The average Bonchev–Trinajstić information content (AvgIpc) is 2.92. The van der Waals surface area contributed by atoms with E-state index >= 15 is 0 Å². The highest BCUT2D eigenvalue weighted by molar-refractivity contribution is 7.99. The summed E-state index contributed by atoms with van der Waals surface area (Å²) in [5, 5.41) is 0. The van der Waals surface area contributed by atoms with Gasteiger partial charge in [0.25, 0.3) is 0 Å². The molecular weight excluding hydrogens is 312 g/mol. The van der Waals surface area contributed by atoms with Crippen LogP contribution in [0.2, 0.25) is 0 Å². The molecule has 1 aromatic carbocycles. The lowest BCUT2D eigenvalue weighted by atomic mass is 10.3. The highest BCUT2D eigenvalue weighted by Crippen LogP contribution is 2.30. The standard InChI is InChI=1S/C14H14O5S2/c1-18-14(15)10-7-8-19-11(10)9-20-12-5-3-4-6-13(12)21(2,16)17/h3-8H,9H2,1-2H3. The lowest BCUT2D eigenvalue weighted by Gasteiger charge is -2.07. The third-order valence-electron chi connectivity index (χ3n) is 2.76. The van der Waals surface area contributed by atoms with Gasteiger partial charge < -0.3 is 9.15 Å². The lowest BCUT2D eigenvalue weighted by molar-refractivity contribution is 0.0598. The number of thioether (sulfide) groups is 1. The van der Waals surface area contributed by atoms with Gasteiger partial charge in [-0.1, -0.05) is 12.1 Å². The minimum absolute atomic E-state index is 0.265. The highest BCUT2D eigenvalue weighted by Gasteiger charge is 2.17. The minimum atomic E-state index is -3.30. The molecule has 0 atom stereocenters. The summed E-state index contributed by atoms with van der Waals surface area (Å²) < 4.78 is 33.4. The Balaban J connectivity index is 2.22. The van der Waals surface area contributed by atoms with Crippen molar-refractivity contribution in [2.75, 3.05) is 13.4 Å². The first-order valence-corrected chi connectivity index (χ1v) is 8.87. The summed E-state index contributed by atoms with van der Waals surface area (Å²) in [6, 6.07) is 8.25. The number of ether oxygens (including phenoxy) is 1. The second-order valence-electron chi connectivity index (χ2n) is 4.26. The van der Waals surface area contributed by atoms with E-state index in [1.807, 2.05) is 0 Å². The van der Waals surface area contributed by atoms with Gasteiger partial charge >= 0.3 is 5.97 Å². The minimum Gasteiger partial charge on any atom is -0.468 e. The van der Waals surface area contributed by atoms with Crippen LogP contribution >= 0.6 is 11.8 Å². The van der Waals surface area contributed by atoms with Gasteiger partial charge in [0.05, 0.1) is 24.0 Å². The molecule has 2 rings (SSSR count). The normalized spacial score (nSPS) is 11.3. The summed E-state index contributed by atoms with van der Waals surface area (Å²) in [6.07, 6.45) is 2.57. The Kier molecular flexibility index (Phi) is 4.74. The number of methoxy groups -OCH3 is 1. The molecule has 0 bridgehead atoms. The van der Waals surface area contributed by atoms with Gasteiger partial charge in [0.2, 0.25) is 0 Å². The SMILES string of the molecule is COC(=O)c1ccoc1CSc1ccccc1S(C)(=O)=O. The van der Waals surface area contributed by atoms with Crippen molar-refractivity contribution in [3.63, 3.8) is 0 Å². The van der Waals surface area contributed by atoms with Crippen LogP contribution in [0, 0.1) is 0 Å². The van der Waals surface area contributed by atoms with E-state index in [4.69, 9.17) is 4.42 Å². The molecule has 112 valence electrons. The molecule has 0 radical (unpaired) electrons. The Morgan fingerprint density at radius 3 is 2.67 bits per heavy atom. The van der Waals surface area contributed by atoms with Crippen LogP contribution in [0.25, 0.3) is 0 Å². The third-order valence-corrected chi connectivity index (χ3v) is 5.12. The summed E-state index contributed by atoms with van der Waals surface area (Å²) in [4.78, 5) is 12.4. The van der Waals surface area contributed by atoms with Crippen molar-refractivity contribution in [1.29, 1.82) is 0 Å². The Morgan fingerprint density at radius 1 is 1.29 bits per heavy atom. The number of hydrogen-bond donors (Lipinski definition) is 0. The van der Waals surface area contributed by atoms with Gasteiger partial charge in [0.15, 0.2) is 9.84 Å². The van der Waals surface area contributed by atoms with Crippen LogP contribution in [0.3, 0.4) is 0 Å². The molecule has 0 aliphatic rings. The van der Waals surface area contributed by atoms with Crippen LogP contribution in [0.1, 0.15) is 16.1 Å². The van der Waals surface area contributed by atoms with E-state index in [1.165, 1.54) is 37.5 Å². The van der Waals surface area contributed by atoms with Crippen molar-refractivity contribution < 1.29 is 22.4 Å². The summed E-state index contributed by atoms with van der Waals surface area (Å²) in [6.45, 7) is 0. The summed E-state index contributed by atoms with van der Waals surface area (Å²) in [5.74, 6) is 0.315. The molecule has 0 aliphatic carbocycles. The molecule has 0 amide bonds. The fraction of sp³-hybridized carbons (Fsp3) is 0.214. The zero-order valence-electron chi connectivity index (χ0n) is 11.5. The second-order valence-corrected chi connectivity index (χ2v) is 7.26.